The van der Waals surface area contributed by atoms with Crippen molar-refractivity contribution in [3.05, 3.63) is 69.0 Å². The van der Waals surface area contributed by atoms with Crippen molar-refractivity contribution >= 4 is 22.5 Å². The van der Waals surface area contributed by atoms with Gasteiger partial charge in [0.25, 0.3) is 5.56 Å². The van der Waals surface area contributed by atoms with E-state index in [0.717, 1.165) is 27.8 Å². The van der Waals surface area contributed by atoms with Crippen LogP contribution in [0.4, 0.5) is 0 Å². The van der Waals surface area contributed by atoms with Gasteiger partial charge in [0.1, 0.15) is 17.1 Å². The molecule has 5 rings (SSSR count). The van der Waals surface area contributed by atoms with Gasteiger partial charge in [0, 0.05) is 24.3 Å². The number of methoxy groups -OCH3 is 1. The molecule has 0 saturated heterocycles. The van der Waals surface area contributed by atoms with Gasteiger partial charge in [0.05, 0.1) is 23.2 Å². The number of aryl methyl sites for hydroxylation is 1. The summed E-state index contributed by atoms with van der Waals surface area (Å²) in [5, 5.41) is 1.60. The number of para-hydroxylation sites is 1. The molecule has 1 saturated carbocycles. The van der Waals surface area contributed by atoms with E-state index in [0.29, 0.717) is 22.6 Å². The average Bonchev–Trinajstić information content (AvgIpc) is 2.72. The number of fused-ring (bicyclic) bond motifs is 5. The lowest BCUT2D eigenvalue weighted by molar-refractivity contribution is -0.105. The Hall–Kier alpha value is -2.46. The second-order valence-electron chi connectivity index (χ2n) is 10.1. The van der Waals surface area contributed by atoms with E-state index in [2.05, 4.69) is 39.8 Å². The summed E-state index contributed by atoms with van der Waals surface area (Å²) in [5.41, 5.74) is 2.53. The Bertz CT molecular complexity index is 1280. The first-order valence-electron chi connectivity index (χ1n) is 11.3. The summed E-state index contributed by atoms with van der Waals surface area (Å²) in [5.74, 6) is 2.76. The van der Waals surface area contributed by atoms with Crippen LogP contribution >= 0.6 is 11.6 Å². The quantitative estimate of drug-likeness (QED) is 0.480. The summed E-state index contributed by atoms with van der Waals surface area (Å²) in [6, 6.07) is 14.1. The van der Waals surface area contributed by atoms with Crippen LogP contribution in [0.1, 0.15) is 50.7 Å². The first-order chi connectivity index (χ1) is 15.2. The standard InChI is InChI=1S/C27H30ClNO3/c1-14(2)20-21(15-11-12-19(31-6)17(28)13-15)22-23-25(32-27(3,4)24(20)22)16-9-7-8-10-18(16)29(5)26(23)30/h7-14,20-22,24H,1-6H3/t20-,21-,22+,24+/m1/s1. The molecule has 0 radical (unpaired) electrons. The zero-order valence-electron chi connectivity index (χ0n) is 19.5. The Morgan fingerprint density at radius 1 is 1.12 bits per heavy atom. The molecule has 1 aliphatic heterocycles. The van der Waals surface area contributed by atoms with Crippen molar-refractivity contribution in [1.29, 1.82) is 0 Å². The fourth-order valence-corrected chi connectivity index (χ4v) is 6.68. The van der Waals surface area contributed by atoms with Crippen LogP contribution in [-0.2, 0) is 7.05 Å². The fourth-order valence-electron chi connectivity index (χ4n) is 6.41. The third kappa shape index (κ3) is 2.85. The number of benzene rings is 2. The van der Waals surface area contributed by atoms with E-state index in [1.54, 1.807) is 11.7 Å². The molecular weight excluding hydrogens is 422 g/mol. The van der Waals surface area contributed by atoms with Gasteiger partial charge in [-0.1, -0.05) is 43.6 Å². The van der Waals surface area contributed by atoms with Crippen LogP contribution < -0.4 is 15.0 Å². The number of pyridine rings is 1. The molecule has 0 bridgehead atoms. The van der Waals surface area contributed by atoms with Crippen molar-refractivity contribution in [2.75, 3.05) is 7.11 Å². The van der Waals surface area contributed by atoms with Crippen LogP contribution in [0.3, 0.4) is 0 Å². The zero-order valence-corrected chi connectivity index (χ0v) is 20.2. The van der Waals surface area contributed by atoms with Gasteiger partial charge in [-0.05, 0) is 61.4 Å². The monoisotopic (exact) mass is 451 g/mol. The lowest BCUT2D eigenvalue weighted by atomic mass is 9.45. The van der Waals surface area contributed by atoms with Gasteiger partial charge in [0.15, 0.2) is 0 Å². The molecule has 3 aromatic rings. The minimum atomic E-state index is -0.380. The third-order valence-electron chi connectivity index (χ3n) is 7.72. The number of hydrogen-bond donors (Lipinski definition) is 0. The highest BCUT2D eigenvalue weighted by atomic mass is 35.5. The predicted octanol–water partition coefficient (Wildman–Crippen LogP) is 6.14. The predicted molar refractivity (Wildman–Crippen MR) is 129 cm³/mol. The maximum absolute atomic E-state index is 13.7. The van der Waals surface area contributed by atoms with Gasteiger partial charge >= 0.3 is 0 Å². The Balaban J connectivity index is 1.77. The van der Waals surface area contributed by atoms with Crippen molar-refractivity contribution in [1.82, 2.24) is 4.57 Å². The minimum absolute atomic E-state index is 0.0380. The largest absolute Gasteiger partial charge is 0.495 e. The molecule has 2 aliphatic rings. The lowest BCUT2D eigenvalue weighted by Crippen LogP contribution is -2.61. The molecule has 1 aliphatic carbocycles. The van der Waals surface area contributed by atoms with Gasteiger partial charge in [-0.2, -0.15) is 0 Å². The third-order valence-corrected chi connectivity index (χ3v) is 8.02. The van der Waals surface area contributed by atoms with Gasteiger partial charge in [-0.15, -0.1) is 0 Å². The Labute approximate surface area is 194 Å². The molecule has 5 heteroatoms. The SMILES string of the molecule is COc1ccc([C@H]2[C@H]3c4c(c5ccccc5n(C)c4=O)OC(C)(C)[C@H]3[C@@H]2C(C)C)cc1Cl. The second-order valence-corrected chi connectivity index (χ2v) is 10.5. The number of hydrogen-bond acceptors (Lipinski definition) is 3. The molecule has 32 heavy (non-hydrogen) atoms. The molecule has 2 heterocycles. The van der Waals surface area contributed by atoms with Crippen molar-refractivity contribution in [2.24, 2.45) is 24.8 Å². The molecule has 1 fully saturated rings. The number of nitrogens with zero attached hydrogens (tertiary/aromatic N) is 1. The van der Waals surface area contributed by atoms with E-state index in [4.69, 9.17) is 21.1 Å². The maximum atomic E-state index is 13.7. The lowest BCUT2D eigenvalue weighted by Gasteiger charge is -2.62. The highest BCUT2D eigenvalue weighted by Gasteiger charge is 2.62. The molecular formula is C27H30ClNO3. The smallest absolute Gasteiger partial charge is 0.258 e. The zero-order chi connectivity index (χ0) is 22.9. The Morgan fingerprint density at radius 2 is 1.84 bits per heavy atom. The van der Waals surface area contributed by atoms with Gasteiger partial charge in [-0.3, -0.25) is 4.79 Å². The first kappa shape index (κ1) is 21.4. The van der Waals surface area contributed by atoms with E-state index in [1.165, 1.54) is 0 Å². The van der Waals surface area contributed by atoms with Gasteiger partial charge in [-0.25, -0.2) is 0 Å². The normalized spacial score (nSPS) is 25.6. The fraction of sp³-hybridized carbons (Fsp3) is 0.444. The van der Waals surface area contributed by atoms with Crippen molar-refractivity contribution < 1.29 is 9.47 Å². The number of aromatic nitrogens is 1. The van der Waals surface area contributed by atoms with Crippen LogP contribution in [0.25, 0.3) is 10.9 Å². The van der Waals surface area contributed by atoms with Crippen LogP contribution in [0.5, 0.6) is 11.5 Å². The van der Waals surface area contributed by atoms with Crippen molar-refractivity contribution in [3.8, 4) is 11.5 Å². The number of halogens is 1. The first-order valence-corrected chi connectivity index (χ1v) is 11.7. The molecule has 0 spiro atoms. The van der Waals surface area contributed by atoms with E-state index in [-0.39, 0.29) is 28.9 Å². The maximum Gasteiger partial charge on any atom is 0.258 e. The second kappa shape index (κ2) is 7.28. The number of ether oxygens (including phenoxy) is 2. The molecule has 168 valence electrons. The van der Waals surface area contributed by atoms with Gasteiger partial charge in [0.2, 0.25) is 0 Å². The van der Waals surface area contributed by atoms with Crippen LogP contribution in [0, 0.1) is 17.8 Å². The highest BCUT2D eigenvalue weighted by molar-refractivity contribution is 6.32. The average molecular weight is 452 g/mol. The molecule has 1 aromatic heterocycles. The molecule has 0 unspecified atom stereocenters. The molecule has 0 N–H and O–H groups in total. The summed E-state index contributed by atoms with van der Waals surface area (Å²) in [6.07, 6.45) is 0. The molecule has 4 nitrogen and oxygen atoms in total. The minimum Gasteiger partial charge on any atom is -0.495 e. The van der Waals surface area contributed by atoms with Crippen molar-refractivity contribution in [2.45, 2.75) is 45.1 Å². The van der Waals surface area contributed by atoms with Gasteiger partial charge < -0.3 is 14.0 Å². The van der Waals surface area contributed by atoms with E-state index >= 15 is 0 Å². The van der Waals surface area contributed by atoms with Crippen molar-refractivity contribution in [3.63, 3.8) is 0 Å². The summed E-state index contributed by atoms with van der Waals surface area (Å²) >= 11 is 6.53. The molecule has 0 amide bonds. The summed E-state index contributed by atoms with van der Waals surface area (Å²) < 4.78 is 13.8. The van der Waals surface area contributed by atoms with E-state index in [9.17, 15) is 4.79 Å². The Kier molecular flexibility index (Phi) is 4.86. The summed E-state index contributed by atoms with van der Waals surface area (Å²) in [6.45, 7) is 8.88. The van der Waals surface area contributed by atoms with Crippen LogP contribution in [0.2, 0.25) is 5.02 Å². The van der Waals surface area contributed by atoms with E-state index < -0.39 is 0 Å². The molecule has 4 atom stereocenters. The molecule has 2 aromatic carbocycles. The Morgan fingerprint density at radius 3 is 2.50 bits per heavy atom. The van der Waals surface area contributed by atoms with Crippen LogP contribution in [-0.4, -0.2) is 17.3 Å². The van der Waals surface area contributed by atoms with Crippen LogP contribution in [0.15, 0.2) is 47.3 Å². The highest BCUT2D eigenvalue weighted by Crippen LogP contribution is 2.67. The summed E-state index contributed by atoms with van der Waals surface area (Å²) in [4.78, 5) is 13.7. The topological polar surface area (TPSA) is 40.5 Å². The summed E-state index contributed by atoms with van der Waals surface area (Å²) in [7, 11) is 3.49. The number of rotatable bonds is 3. The van der Waals surface area contributed by atoms with E-state index in [1.807, 2.05) is 37.4 Å².